The summed E-state index contributed by atoms with van der Waals surface area (Å²) in [5.41, 5.74) is 8.68. The Bertz CT molecular complexity index is 504. The van der Waals surface area contributed by atoms with Gasteiger partial charge in [0.1, 0.15) is 5.82 Å². The first kappa shape index (κ1) is 11.3. The van der Waals surface area contributed by atoms with E-state index in [1.807, 2.05) is 32.3 Å². The van der Waals surface area contributed by atoms with E-state index in [4.69, 9.17) is 5.73 Å². The number of pyridine rings is 1. The van der Waals surface area contributed by atoms with Gasteiger partial charge in [0.15, 0.2) is 0 Å². The summed E-state index contributed by atoms with van der Waals surface area (Å²) in [6, 6.07) is 3.94. The Hall–Kier alpha value is -2.17. The van der Waals surface area contributed by atoms with E-state index in [0.29, 0.717) is 6.54 Å². The summed E-state index contributed by atoms with van der Waals surface area (Å²) < 4.78 is 0. The third-order valence-electron chi connectivity index (χ3n) is 2.28. The van der Waals surface area contributed by atoms with Crippen molar-refractivity contribution >= 4 is 11.8 Å². The topological polar surface area (TPSA) is 76.7 Å². The van der Waals surface area contributed by atoms with Crippen LogP contribution in [0.2, 0.25) is 0 Å². The van der Waals surface area contributed by atoms with Crippen LogP contribution in [0.25, 0.3) is 0 Å². The smallest absolute Gasteiger partial charge is 0.222 e. The highest BCUT2D eigenvalue weighted by atomic mass is 15.1. The summed E-state index contributed by atoms with van der Waals surface area (Å²) in [6.45, 7) is 4.57. The Morgan fingerprint density at radius 2 is 2.00 bits per heavy atom. The molecule has 2 aromatic rings. The SMILES string of the molecule is Cc1cncc(CNc2cc(C)nc(N)n2)c1. The van der Waals surface area contributed by atoms with E-state index in [1.165, 1.54) is 0 Å². The first-order valence-corrected chi connectivity index (χ1v) is 5.39. The quantitative estimate of drug-likeness (QED) is 0.837. The predicted molar refractivity (Wildman–Crippen MR) is 67.5 cm³/mol. The molecule has 0 radical (unpaired) electrons. The number of nitrogens with one attached hydrogen (secondary N) is 1. The number of aryl methyl sites for hydroxylation is 2. The summed E-state index contributed by atoms with van der Waals surface area (Å²) in [5.74, 6) is 1.02. The number of nitrogen functional groups attached to an aromatic ring is 1. The van der Waals surface area contributed by atoms with Crippen molar-refractivity contribution in [3.8, 4) is 0 Å². The number of anilines is 2. The first-order valence-electron chi connectivity index (χ1n) is 5.39. The molecule has 0 atom stereocenters. The second kappa shape index (κ2) is 4.78. The van der Waals surface area contributed by atoms with Crippen molar-refractivity contribution in [2.45, 2.75) is 20.4 Å². The van der Waals surface area contributed by atoms with Gasteiger partial charge in [-0.3, -0.25) is 4.98 Å². The second-order valence-electron chi connectivity index (χ2n) is 3.98. The number of hydrogen-bond acceptors (Lipinski definition) is 5. The molecule has 0 aliphatic rings. The van der Waals surface area contributed by atoms with E-state index in [0.717, 1.165) is 22.6 Å². The van der Waals surface area contributed by atoms with Gasteiger partial charge in [-0.25, -0.2) is 4.98 Å². The van der Waals surface area contributed by atoms with Crippen molar-refractivity contribution < 1.29 is 0 Å². The van der Waals surface area contributed by atoms with Gasteiger partial charge in [0.05, 0.1) is 0 Å². The average molecular weight is 229 g/mol. The minimum absolute atomic E-state index is 0.287. The first-order chi connectivity index (χ1) is 8.13. The summed E-state index contributed by atoms with van der Waals surface area (Å²) in [5, 5.41) is 3.20. The van der Waals surface area contributed by atoms with E-state index in [2.05, 4.69) is 26.3 Å². The molecule has 0 fully saturated rings. The average Bonchev–Trinajstić information content (AvgIpc) is 2.25. The molecule has 0 unspecified atom stereocenters. The van der Waals surface area contributed by atoms with Crippen molar-refractivity contribution in [3.05, 3.63) is 41.3 Å². The molecule has 5 nitrogen and oxygen atoms in total. The van der Waals surface area contributed by atoms with Gasteiger partial charge in [-0.1, -0.05) is 6.07 Å². The maximum atomic E-state index is 5.58. The van der Waals surface area contributed by atoms with E-state index in [9.17, 15) is 0 Å². The third kappa shape index (κ3) is 3.14. The van der Waals surface area contributed by atoms with Gasteiger partial charge < -0.3 is 11.1 Å². The Balaban J connectivity index is 2.07. The van der Waals surface area contributed by atoms with E-state index in [1.54, 1.807) is 0 Å². The zero-order valence-corrected chi connectivity index (χ0v) is 9.94. The summed E-state index contributed by atoms with van der Waals surface area (Å²) in [6.07, 6.45) is 3.66. The largest absolute Gasteiger partial charge is 0.368 e. The molecule has 0 aliphatic carbocycles. The molecular formula is C12H15N5. The Morgan fingerprint density at radius 1 is 1.18 bits per heavy atom. The monoisotopic (exact) mass is 229 g/mol. The molecule has 0 saturated heterocycles. The van der Waals surface area contributed by atoms with Crippen LogP contribution in [0.4, 0.5) is 11.8 Å². The molecule has 0 amide bonds. The van der Waals surface area contributed by atoms with E-state index in [-0.39, 0.29) is 5.95 Å². The van der Waals surface area contributed by atoms with Gasteiger partial charge in [0, 0.05) is 30.7 Å². The summed E-state index contributed by atoms with van der Waals surface area (Å²) in [4.78, 5) is 12.3. The number of nitrogens with zero attached hydrogens (tertiary/aromatic N) is 3. The second-order valence-corrected chi connectivity index (χ2v) is 3.98. The van der Waals surface area contributed by atoms with Crippen LogP contribution in [0, 0.1) is 13.8 Å². The fourth-order valence-corrected chi connectivity index (χ4v) is 1.59. The van der Waals surface area contributed by atoms with Crippen molar-refractivity contribution in [3.63, 3.8) is 0 Å². The lowest BCUT2D eigenvalue weighted by Crippen LogP contribution is -2.05. The molecule has 0 bridgehead atoms. The van der Waals surface area contributed by atoms with Gasteiger partial charge in [0.25, 0.3) is 0 Å². The van der Waals surface area contributed by atoms with Crippen LogP contribution in [-0.2, 0) is 6.54 Å². The van der Waals surface area contributed by atoms with Crippen LogP contribution in [0.3, 0.4) is 0 Å². The Morgan fingerprint density at radius 3 is 2.71 bits per heavy atom. The van der Waals surface area contributed by atoms with E-state index < -0.39 is 0 Å². The van der Waals surface area contributed by atoms with Crippen LogP contribution in [0.5, 0.6) is 0 Å². The lowest BCUT2D eigenvalue weighted by Gasteiger charge is -2.07. The lowest BCUT2D eigenvalue weighted by molar-refractivity contribution is 1.05. The van der Waals surface area contributed by atoms with Gasteiger partial charge in [-0.15, -0.1) is 0 Å². The van der Waals surface area contributed by atoms with Crippen LogP contribution in [0.15, 0.2) is 24.5 Å². The zero-order chi connectivity index (χ0) is 12.3. The van der Waals surface area contributed by atoms with Crippen molar-refractivity contribution in [1.29, 1.82) is 0 Å². The molecule has 88 valence electrons. The molecule has 5 heteroatoms. The van der Waals surface area contributed by atoms with Crippen LogP contribution >= 0.6 is 0 Å². The van der Waals surface area contributed by atoms with Gasteiger partial charge in [-0.2, -0.15) is 4.98 Å². The van der Waals surface area contributed by atoms with Crippen LogP contribution < -0.4 is 11.1 Å². The molecule has 0 saturated carbocycles. The minimum Gasteiger partial charge on any atom is -0.368 e. The lowest BCUT2D eigenvalue weighted by atomic mass is 10.2. The van der Waals surface area contributed by atoms with Gasteiger partial charge in [0.2, 0.25) is 5.95 Å². The van der Waals surface area contributed by atoms with Crippen molar-refractivity contribution in [2.75, 3.05) is 11.1 Å². The maximum Gasteiger partial charge on any atom is 0.222 e. The summed E-state index contributed by atoms with van der Waals surface area (Å²) >= 11 is 0. The maximum absolute atomic E-state index is 5.58. The van der Waals surface area contributed by atoms with Crippen LogP contribution in [-0.4, -0.2) is 15.0 Å². The fourth-order valence-electron chi connectivity index (χ4n) is 1.59. The van der Waals surface area contributed by atoms with Crippen molar-refractivity contribution in [2.24, 2.45) is 0 Å². The number of hydrogen-bond donors (Lipinski definition) is 2. The Labute approximate surface area is 100 Å². The van der Waals surface area contributed by atoms with Crippen molar-refractivity contribution in [1.82, 2.24) is 15.0 Å². The number of aromatic nitrogens is 3. The molecule has 0 spiro atoms. The standard InChI is InChI=1S/C12H15N5/c1-8-3-10(6-14-5-8)7-15-11-4-9(2)16-12(13)17-11/h3-6H,7H2,1-2H3,(H3,13,15,16,17). The highest BCUT2D eigenvalue weighted by Gasteiger charge is 1.99. The molecule has 3 N–H and O–H groups in total. The fraction of sp³-hybridized carbons (Fsp3) is 0.250. The molecule has 0 aromatic carbocycles. The molecule has 2 aromatic heterocycles. The highest BCUT2D eigenvalue weighted by molar-refractivity contribution is 5.40. The predicted octanol–water partition coefficient (Wildman–Crippen LogP) is 1.68. The summed E-state index contributed by atoms with van der Waals surface area (Å²) in [7, 11) is 0. The zero-order valence-electron chi connectivity index (χ0n) is 9.94. The van der Waals surface area contributed by atoms with Gasteiger partial charge >= 0.3 is 0 Å². The Kier molecular flexibility index (Phi) is 3.18. The number of nitrogens with two attached hydrogens (primary N) is 1. The highest BCUT2D eigenvalue weighted by Crippen LogP contribution is 2.09. The van der Waals surface area contributed by atoms with Crippen LogP contribution in [0.1, 0.15) is 16.8 Å². The molecular weight excluding hydrogens is 214 g/mol. The van der Waals surface area contributed by atoms with E-state index >= 15 is 0 Å². The molecule has 0 aliphatic heterocycles. The minimum atomic E-state index is 0.287. The third-order valence-corrected chi connectivity index (χ3v) is 2.28. The van der Waals surface area contributed by atoms with Gasteiger partial charge in [-0.05, 0) is 25.0 Å². The molecule has 17 heavy (non-hydrogen) atoms. The number of rotatable bonds is 3. The normalized spacial score (nSPS) is 10.2. The molecule has 2 heterocycles. The molecule has 2 rings (SSSR count).